The van der Waals surface area contributed by atoms with Crippen molar-refractivity contribution in [2.45, 2.75) is 31.1 Å². The number of nitrogens with one attached hydrogen (secondary N) is 1. The lowest BCUT2D eigenvalue weighted by Gasteiger charge is -2.26. The third kappa shape index (κ3) is 5.27. The summed E-state index contributed by atoms with van der Waals surface area (Å²) in [4.78, 5) is 13.7. The van der Waals surface area contributed by atoms with Crippen molar-refractivity contribution in [3.63, 3.8) is 0 Å². The largest absolute Gasteiger partial charge is 0.383 e. The molecule has 1 atom stereocenters. The summed E-state index contributed by atoms with van der Waals surface area (Å²) in [7, 11) is 3.52. The van der Waals surface area contributed by atoms with E-state index in [1.54, 1.807) is 23.8 Å². The van der Waals surface area contributed by atoms with E-state index < -0.39 is 0 Å². The van der Waals surface area contributed by atoms with E-state index in [4.69, 9.17) is 4.74 Å². The van der Waals surface area contributed by atoms with Gasteiger partial charge in [-0.1, -0.05) is 0 Å². The van der Waals surface area contributed by atoms with Gasteiger partial charge < -0.3 is 15.0 Å². The van der Waals surface area contributed by atoms with Gasteiger partial charge in [-0.25, -0.2) is 0 Å². The highest BCUT2D eigenvalue weighted by Crippen LogP contribution is 2.20. The van der Waals surface area contributed by atoms with Crippen molar-refractivity contribution in [3.8, 4) is 0 Å². The molecular weight excluding hydrogens is 236 g/mol. The fraction of sp³-hybridized carbons (Fsp3) is 0.917. The molecule has 0 bridgehead atoms. The summed E-state index contributed by atoms with van der Waals surface area (Å²) in [6.07, 6.45) is 2.35. The number of carbonyl (C=O) groups excluding carboxylic acids is 1. The van der Waals surface area contributed by atoms with Crippen LogP contribution in [0.15, 0.2) is 0 Å². The second-order valence-electron chi connectivity index (χ2n) is 4.57. The lowest BCUT2D eigenvalue weighted by Crippen LogP contribution is -2.39. The quantitative estimate of drug-likeness (QED) is 0.772. The third-order valence-corrected chi connectivity index (χ3v) is 4.55. The van der Waals surface area contributed by atoms with Gasteiger partial charge in [-0.05, 0) is 32.9 Å². The Balaban J connectivity index is 2.23. The highest BCUT2D eigenvalue weighted by Gasteiger charge is 2.19. The molecule has 1 fully saturated rings. The van der Waals surface area contributed by atoms with Crippen molar-refractivity contribution in [3.05, 3.63) is 0 Å². The maximum atomic E-state index is 11.9. The second kappa shape index (κ2) is 7.95. The minimum absolute atomic E-state index is 0.154. The Bertz CT molecular complexity index is 233. The molecule has 0 radical (unpaired) electrons. The molecule has 5 heteroatoms. The molecule has 1 aliphatic heterocycles. The third-order valence-electron chi connectivity index (χ3n) is 3.19. The SMILES string of the molecule is COCC(C)N(C)C(=O)CSC1CCNCC1. The van der Waals surface area contributed by atoms with Crippen LogP contribution >= 0.6 is 11.8 Å². The number of thioether (sulfide) groups is 1. The van der Waals surface area contributed by atoms with Crippen LogP contribution in [0.3, 0.4) is 0 Å². The van der Waals surface area contributed by atoms with Crippen molar-refractivity contribution < 1.29 is 9.53 Å². The Morgan fingerprint density at radius 3 is 2.76 bits per heavy atom. The Kier molecular flexibility index (Phi) is 6.92. The van der Waals surface area contributed by atoms with Crippen LogP contribution in [0.25, 0.3) is 0 Å². The van der Waals surface area contributed by atoms with E-state index in [0.717, 1.165) is 13.1 Å². The number of hydrogen-bond donors (Lipinski definition) is 1. The summed E-state index contributed by atoms with van der Waals surface area (Å²) in [5.74, 6) is 0.799. The summed E-state index contributed by atoms with van der Waals surface area (Å²) in [6, 6.07) is 0.154. The van der Waals surface area contributed by atoms with Gasteiger partial charge in [0.2, 0.25) is 5.91 Å². The van der Waals surface area contributed by atoms with Crippen LogP contribution in [0.4, 0.5) is 0 Å². The minimum atomic E-state index is 0.154. The average molecular weight is 260 g/mol. The van der Waals surface area contributed by atoms with Crippen LogP contribution in [0.5, 0.6) is 0 Å². The first-order valence-corrected chi connectivity index (χ1v) is 7.27. The molecule has 0 aromatic rings. The number of amides is 1. The van der Waals surface area contributed by atoms with E-state index in [9.17, 15) is 4.79 Å². The highest BCUT2D eigenvalue weighted by molar-refractivity contribution is 8.00. The second-order valence-corrected chi connectivity index (χ2v) is 5.86. The van der Waals surface area contributed by atoms with Crippen LogP contribution < -0.4 is 5.32 Å². The molecule has 1 amide bonds. The van der Waals surface area contributed by atoms with Crippen LogP contribution in [0.1, 0.15) is 19.8 Å². The number of rotatable bonds is 6. The van der Waals surface area contributed by atoms with Crippen molar-refractivity contribution >= 4 is 17.7 Å². The first-order valence-electron chi connectivity index (χ1n) is 6.22. The highest BCUT2D eigenvalue weighted by atomic mass is 32.2. The molecule has 0 aliphatic carbocycles. The first-order chi connectivity index (χ1) is 8.15. The Labute approximate surface area is 108 Å². The lowest BCUT2D eigenvalue weighted by molar-refractivity contribution is -0.129. The van der Waals surface area contributed by atoms with Gasteiger partial charge in [-0.2, -0.15) is 0 Å². The molecule has 17 heavy (non-hydrogen) atoms. The van der Waals surface area contributed by atoms with Crippen molar-refractivity contribution in [2.24, 2.45) is 0 Å². The fourth-order valence-electron chi connectivity index (χ4n) is 1.85. The Hall–Kier alpha value is -0.260. The zero-order valence-corrected chi connectivity index (χ0v) is 11.9. The van der Waals surface area contributed by atoms with Crippen LogP contribution in [0, 0.1) is 0 Å². The predicted octanol–water partition coefficient (Wildman–Crippen LogP) is 0.965. The summed E-state index contributed by atoms with van der Waals surface area (Å²) < 4.78 is 5.06. The fourth-order valence-corrected chi connectivity index (χ4v) is 3.00. The van der Waals surface area contributed by atoms with E-state index in [2.05, 4.69) is 5.32 Å². The zero-order valence-electron chi connectivity index (χ0n) is 11.1. The number of ether oxygens (including phenoxy) is 1. The standard InChI is InChI=1S/C12H24N2O2S/c1-10(8-16-3)14(2)12(15)9-17-11-4-6-13-7-5-11/h10-11,13H,4-9H2,1-3H3. The van der Waals surface area contributed by atoms with Gasteiger partial charge in [0.1, 0.15) is 0 Å². The van der Waals surface area contributed by atoms with Gasteiger partial charge in [0, 0.05) is 19.4 Å². The van der Waals surface area contributed by atoms with Crippen molar-refractivity contribution in [1.29, 1.82) is 0 Å². The average Bonchev–Trinajstić information content (AvgIpc) is 2.36. The van der Waals surface area contributed by atoms with Gasteiger partial charge in [0.15, 0.2) is 0 Å². The normalized spacial score (nSPS) is 19.0. The van der Waals surface area contributed by atoms with Gasteiger partial charge in [0.05, 0.1) is 18.4 Å². The molecule has 1 heterocycles. The van der Waals surface area contributed by atoms with E-state index in [0.29, 0.717) is 17.6 Å². The lowest BCUT2D eigenvalue weighted by atomic mass is 10.2. The maximum Gasteiger partial charge on any atom is 0.232 e. The maximum absolute atomic E-state index is 11.9. The van der Waals surface area contributed by atoms with Crippen molar-refractivity contribution in [1.82, 2.24) is 10.2 Å². The minimum Gasteiger partial charge on any atom is -0.383 e. The molecule has 100 valence electrons. The summed E-state index contributed by atoms with van der Waals surface area (Å²) in [5.41, 5.74) is 0. The van der Waals surface area contributed by atoms with Crippen molar-refractivity contribution in [2.75, 3.05) is 39.6 Å². The Morgan fingerprint density at radius 2 is 2.18 bits per heavy atom. The molecule has 1 N–H and O–H groups in total. The molecule has 1 saturated heterocycles. The number of piperidine rings is 1. The summed E-state index contributed by atoms with van der Waals surface area (Å²) in [6.45, 7) is 4.78. The molecular formula is C12H24N2O2S. The molecule has 0 aromatic carbocycles. The predicted molar refractivity (Wildman–Crippen MR) is 72.5 cm³/mol. The molecule has 1 aliphatic rings. The van der Waals surface area contributed by atoms with Crippen LogP contribution in [-0.2, 0) is 9.53 Å². The zero-order chi connectivity index (χ0) is 12.7. The number of methoxy groups -OCH3 is 1. The number of carbonyl (C=O) groups is 1. The smallest absolute Gasteiger partial charge is 0.232 e. The molecule has 0 saturated carbocycles. The van der Waals surface area contributed by atoms with Gasteiger partial charge in [-0.3, -0.25) is 4.79 Å². The molecule has 0 aromatic heterocycles. The van der Waals surface area contributed by atoms with Crippen LogP contribution in [0.2, 0.25) is 0 Å². The number of nitrogens with zero attached hydrogens (tertiary/aromatic N) is 1. The van der Waals surface area contributed by atoms with E-state index in [1.807, 2.05) is 14.0 Å². The molecule has 1 unspecified atom stereocenters. The summed E-state index contributed by atoms with van der Waals surface area (Å²) in [5, 5.41) is 3.98. The van der Waals surface area contributed by atoms with E-state index in [1.165, 1.54) is 12.8 Å². The van der Waals surface area contributed by atoms with E-state index in [-0.39, 0.29) is 11.9 Å². The molecule has 4 nitrogen and oxygen atoms in total. The number of likely N-dealkylation sites (N-methyl/N-ethyl adjacent to an activating group) is 1. The monoisotopic (exact) mass is 260 g/mol. The van der Waals surface area contributed by atoms with Gasteiger partial charge in [-0.15, -0.1) is 11.8 Å². The Morgan fingerprint density at radius 1 is 1.53 bits per heavy atom. The van der Waals surface area contributed by atoms with Crippen LogP contribution in [-0.4, -0.2) is 61.7 Å². The molecule has 1 rings (SSSR count). The first kappa shape index (κ1) is 14.8. The topological polar surface area (TPSA) is 41.6 Å². The van der Waals surface area contributed by atoms with E-state index >= 15 is 0 Å². The summed E-state index contributed by atoms with van der Waals surface area (Å²) >= 11 is 1.80. The van der Waals surface area contributed by atoms with Gasteiger partial charge >= 0.3 is 0 Å². The number of hydrogen-bond acceptors (Lipinski definition) is 4. The molecule has 0 spiro atoms. The van der Waals surface area contributed by atoms with Gasteiger partial charge in [0.25, 0.3) is 0 Å².